The third kappa shape index (κ3) is 4.16. The van der Waals surface area contributed by atoms with Gasteiger partial charge in [0, 0.05) is 14.9 Å². The van der Waals surface area contributed by atoms with Crippen molar-refractivity contribution in [3.05, 3.63) is 30.3 Å². The van der Waals surface area contributed by atoms with E-state index in [1.807, 2.05) is 0 Å². The van der Waals surface area contributed by atoms with E-state index >= 15 is 0 Å². The van der Waals surface area contributed by atoms with Crippen LogP contribution in [0.4, 0.5) is 0 Å². The quantitative estimate of drug-likeness (QED) is 0.552. The average Bonchev–Trinajstić information content (AvgIpc) is 2.27. The first kappa shape index (κ1) is 13.7. The Morgan fingerprint density at radius 3 is 2.13 bits per heavy atom. The molecule has 0 aromatic heterocycles. The molecule has 1 N–H and O–H groups in total. The highest BCUT2D eigenvalue weighted by molar-refractivity contribution is 14.1. The van der Waals surface area contributed by atoms with Crippen molar-refractivity contribution in [2.45, 2.75) is 10.9 Å². The smallest absolute Gasteiger partial charge is 0.207 e. The summed E-state index contributed by atoms with van der Waals surface area (Å²) < 4.78 is 27.9. The first-order valence-electron chi connectivity index (χ1n) is 4.29. The molecule has 0 bridgehead atoms. The van der Waals surface area contributed by atoms with Gasteiger partial charge in [-0.25, -0.2) is 13.1 Å². The molecule has 0 spiro atoms. The molecule has 3 nitrogen and oxygen atoms in total. The molecule has 1 aromatic rings. The van der Waals surface area contributed by atoms with E-state index in [0.717, 1.165) is 8.86 Å². The van der Waals surface area contributed by atoms with Crippen LogP contribution >= 0.6 is 45.2 Å². The molecular weight excluding hydrogens is 440 g/mol. The van der Waals surface area contributed by atoms with E-state index in [-0.39, 0.29) is 6.04 Å². The van der Waals surface area contributed by atoms with Gasteiger partial charge in [-0.3, -0.25) is 0 Å². The van der Waals surface area contributed by atoms with Crippen LogP contribution in [0.2, 0.25) is 0 Å². The lowest BCUT2D eigenvalue weighted by molar-refractivity contribution is 0.574. The summed E-state index contributed by atoms with van der Waals surface area (Å²) >= 11 is 4.35. The molecule has 1 rings (SSSR count). The lowest BCUT2D eigenvalue weighted by Gasteiger charge is -2.13. The number of hydrogen-bond donors (Lipinski definition) is 1. The van der Waals surface area contributed by atoms with Gasteiger partial charge < -0.3 is 0 Å². The van der Waals surface area contributed by atoms with Gasteiger partial charge in [-0.15, -0.1) is 0 Å². The number of halogens is 2. The number of alkyl halides is 2. The summed E-state index contributed by atoms with van der Waals surface area (Å²) in [6.45, 7) is 0. The van der Waals surface area contributed by atoms with E-state index in [1.54, 1.807) is 30.3 Å². The molecule has 6 heteroatoms. The molecule has 0 amide bonds. The van der Waals surface area contributed by atoms with Crippen molar-refractivity contribution in [2.24, 2.45) is 0 Å². The fraction of sp³-hybridized carbons (Fsp3) is 0.333. The van der Waals surface area contributed by atoms with Crippen LogP contribution in [-0.2, 0) is 10.0 Å². The Balaban J connectivity index is 2.85. The molecule has 15 heavy (non-hydrogen) atoms. The third-order valence-electron chi connectivity index (χ3n) is 1.75. The summed E-state index contributed by atoms with van der Waals surface area (Å²) in [5.74, 6) is 0. The zero-order chi connectivity index (χ0) is 11.3. The molecule has 0 radical (unpaired) electrons. The van der Waals surface area contributed by atoms with Gasteiger partial charge in [0.15, 0.2) is 0 Å². The van der Waals surface area contributed by atoms with E-state index in [9.17, 15) is 8.42 Å². The van der Waals surface area contributed by atoms with Crippen molar-refractivity contribution < 1.29 is 8.42 Å². The van der Waals surface area contributed by atoms with E-state index < -0.39 is 10.0 Å². The Bertz CT molecular complexity index is 390. The molecular formula is C9H11I2NO2S. The van der Waals surface area contributed by atoms with E-state index in [2.05, 4.69) is 49.9 Å². The molecule has 1 aromatic carbocycles. The van der Waals surface area contributed by atoms with E-state index in [4.69, 9.17) is 0 Å². The molecule has 84 valence electrons. The fourth-order valence-corrected chi connectivity index (χ4v) is 5.10. The first-order valence-corrected chi connectivity index (χ1v) is 8.83. The second-order valence-electron chi connectivity index (χ2n) is 2.94. The maximum atomic E-state index is 11.8. The predicted octanol–water partition coefficient (Wildman–Crippen LogP) is 2.20. The average molecular weight is 451 g/mol. The van der Waals surface area contributed by atoms with Gasteiger partial charge in [-0.2, -0.15) is 0 Å². The van der Waals surface area contributed by atoms with Crippen molar-refractivity contribution >= 4 is 55.2 Å². The Hall–Kier alpha value is 0.590. The zero-order valence-electron chi connectivity index (χ0n) is 7.86. The number of benzene rings is 1. The molecule has 0 saturated heterocycles. The van der Waals surface area contributed by atoms with Gasteiger partial charge in [0.1, 0.15) is 0 Å². The zero-order valence-corrected chi connectivity index (χ0v) is 13.0. The number of rotatable bonds is 5. The molecule has 0 fully saturated rings. The van der Waals surface area contributed by atoms with E-state index in [0.29, 0.717) is 4.90 Å². The van der Waals surface area contributed by atoms with Crippen molar-refractivity contribution in [3.63, 3.8) is 0 Å². The van der Waals surface area contributed by atoms with E-state index in [1.165, 1.54) is 0 Å². The number of sulfonamides is 1. The van der Waals surface area contributed by atoms with Crippen molar-refractivity contribution in [1.82, 2.24) is 4.72 Å². The van der Waals surface area contributed by atoms with Gasteiger partial charge >= 0.3 is 0 Å². The minimum Gasteiger partial charge on any atom is -0.207 e. The predicted molar refractivity (Wildman–Crippen MR) is 78.3 cm³/mol. The van der Waals surface area contributed by atoms with Gasteiger partial charge in [-0.05, 0) is 12.1 Å². The van der Waals surface area contributed by atoms with Crippen LogP contribution in [0.3, 0.4) is 0 Å². The summed E-state index contributed by atoms with van der Waals surface area (Å²) in [6, 6.07) is 8.43. The Labute approximate surface area is 117 Å². The van der Waals surface area contributed by atoms with Crippen LogP contribution in [0.1, 0.15) is 0 Å². The van der Waals surface area contributed by atoms with Crippen LogP contribution in [0, 0.1) is 0 Å². The highest BCUT2D eigenvalue weighted by atomic mass is 127. The lowest BCUT2D eigenvalue weighted by Crippen LogP contribution is -2.37. The molecule has 0 aliphatic carbocycles. The second-order valence-corrected chi connectivity index (χ2v) is 6.42. The van der Waals surface area contributed by atoms with Crippen molar-refractivity contribution in [2.75, 3.05) is 8.86 Å². The summed E-state index contributed by atoms with van der Waals surface area (Å²) in [4.78, 5) is 0.324. The van der Waals surface area contributed by atoms with Crippen LogP contribution in [-0.4, -0.2) is 23.3 Å². The fourth-order valence-electron chi connectivity index (χ4n) is 0.991. The van der Waals surface area contributed by atoms with Crippen LogP contribution in [0.25, 0.3) is 0 Å². The normalized spacial score (nSPS) is 11.9. The number of hydrogen-bond acceptors (Lipinski definition) is 2. The van der Waals surface area contributed by atoms with Crippen LogP contribution in [0.15, 0.2) is 35.2 Å². The Kier molecular flexibility index (Phi) is 5.79. The molecule has 0 aliphatic heterocycles. The Morgan fingerprint density at radius 1 is 1.13 bits per heavy atom. The summed E-state index contributed by atoms with van der Waals surface area (Å²) in [5.41, 5.74) is 0. The van der Waals surface area contributed by atoms with Gasteiger partial charge in [0.2, 0.25) is 10.0 Å². The molecule has 0 atom stereocenters. The molecule has 0 heterocycles. The summed E-state index contributed by atoms with van der Waals surface area (Å²) in [6.07, 6.45) is 0. The maximum Gasteiger partial charge on any atom is 0.240 e. The minimum atomic E-state index is -3.34. The number of nitrogens with one attached hydrogen (secondary N) is 1. The Morgan fingerprint density at radius 2 is 1.67 bits per heavy atom. The van der Waals surface area contributed by atoms with Gasteiger partial charge in [0.25, 0.3) is 0 Å². The van der Waals surface area contributed by atoms with Crippen molar-refractivity contribution in [3.8, 4) is 0 Å². The summed E-state index contributed by atoms with van der Waals surface area (Å²) in [7, 11) is -3.34. The highest BCUT2D eigenvalue weighted by Crippen LogP contribution is 2.09. The standard InChI is InChI=1S/C9H11I2NO2S/c10-6-8(7-11)12-15(13,14)9-4-2-1-3-5-9/h1-5,8,12H,6-7H2. The first-order chi connectivity index (χ1) is 7.10. The largest absolute Gasteiger partial charge is 0.240 e. The van der Waals surface area contributed by atoms with Gasteiger partial charge in [0.05, 0.1) is 4.90 Å². The SMILES string of the molecule is O=S(=O)(NC(CI)CI)c1ccccc1. The lowest BCUT2D eigenvalue weighted by atomic mass is 10.4. The molecule has 0 aliphatic rings. The van der Waals surface area contributed by atoms with Gasteiger partial charge in [-0.1, -0.05) is 63.4 Å². The van der Waals surface area contributed by atoms with Crippen LogP contribution in [0.5, 0.6) is 0 Å². The van der Waals surface area contributed by atoms with Crippen LogP contribution < -0.4 is 4.72 Å². The highest BCUT2D eigenvalue weighted by Gasteiger charge is 2.17. The van der Waals surface area contributed by atoms with Crippen molar-refractivity contribution in [1.29, 1.82) is 0 Å². The monoisotopic (exact) mass is 451 g/mol. The summed E-state index contributed by atoms with van der Waals surface area (Å²) in [5, 5.41) is 0. The minimum absolute atomic E-state index is 0.00333. The maximum absolute atomic E-state index is 11.8. The topological polar surface area (TPSA) is 46.2 Å². The molecule has 0 saturated carbocycles. The molecule has 0 unspecified atom stereocenters. The third-order valence-corrected chi connectivity index (χ3v) is 5.41. The second kappa shape index (κ2) is 6.36.